The Balaban J connectivity index is 1.69. The van der Waals surface area contributed by atoms with Gasteiger partial charge in [-0.2, -0.15) is 0 Å². The maximum absolute atomic E-state index is 12.3. The van der Waals surface area contributed by atoms with Crippen LogP contribution in [0.15, 0.2) is 42.6 Å². The molecule has 4 rings (SSSR count). The third-order valence-corrected chi connectivity index (χ3v) is 5.74. The van der Waals surface area contributed by atoms with Crippen LogP contribution in [0.5, 0.6) is 5.88 Å². The Bertz CT molecular complexity index is 866. The molecule has 24 heavy (non-hydrogen) atoms. The lowest BCUT2D eigenvalue weighted by molar-refractivity contribution is 0.0509. The number of aromatic nitrogens is 1. The Morgan fingerprint density at radius 2 is 2.04 bits per heavy atom. The first-order valence-corrected chi connectivity index (χ1v) is 9.57. The standard InChI is InChI=1S/C17H18N2O4S/c1-22-16-8-7-11(10-18-16)15-9-13-12-5-3-4-6-14(12)19(17(13)23-15)24(2,20)21/h3-8,10,13,15,17H,9H2,1-2H3/t13-,15-,17-/m0/s1. The van der Waals surface area contributed by atoms with E-state index in [4.69, 9.17) is 9.47 Å². The molecule has 6 nitrogen and oxygen atoms in total. The number of ether oxygens (including phenoxy) is 2. The normalized spacial score (nSPS) is 25.4. The molecule has 0 N–H and O–H groups in total. The van der Waals surface area contributed by atoms with Crippen LogP contribution in [0.2, 0.25) is 0 Å². The molecule has 2 aliphatic rings. The third kappa shape index (κ3) is 2.35. The summed E-state index contributed by atoms with van der Waals surface area (Å²) in [6, 6.07) is 11.3. The number of methoxy groups -OCH3 is 1. The van der Waals surface area contributed by atoms with E-state index in [1.165, 1.54) is 10.6 Å². The summed E-state index contributed by atoms with van der Waals surface area (Å²) in [6.45, 7) is 0. The molecule has 0 unspecified atom stereocenters. The second kappa shape index (κ2) is 5.46. The van der Waals surface area contributed by atoms with Gasteiger partial charge in [0.05, 0.1) is 25.2 Å². The highest BCUT2D eigenvalue weighted by Crippen LogP contribution is 2.52. The van der Waals surface area contributed by atoms with Crippen molar-refractivity contribution in [1.82, 2.24) is 4.98 Å². The summed E-state index contributed by atoms with van der Waals surface area (Å²) in [4.78, 5) is 4.21. The lowest BCUT2D eigenvalue weighted by Crippen LogP contribution is -2.37. The van der Waals surface area contributed by atoms with E-state index in [-0.39, 0.29) is 12.0 Å². The second-order valence-corrected chi connectivity index (χ2v) is 7.97. The van der Waals surface area contributed by atoms with E-state index in [1.807, 2.05) is 30.3 Å². The Morgan fingerprint density at radius 1 is 1.25 bits per heavy atom. The number of hydrogen-bond acceptors (Lipinski definition) is 5. The largest absolute Gasteiger partial charge is 0.481 e. The number of fused-ring (bicyclic) bond motifs is 3. The number of rotatable bonds is 3. The highest BCUT2D eigenvalue weighted by Gasteiger charge is 2.49. The van der Waals surface area contributed by atoms with E-state index in [9.17, 15) is 8.42 Å². The summed E-state index contributed by atoms with van der Waals surface area (Å²) in [7, 11) is -1.84. The van der Waals surface area contributed by atoms with Crippen LogP contribution in [-0.4, -0.2) is 33.0 Å². The molecule has 0 saturated carbocycles. The molecule has 1 aromatic carbocycles. The van der Waals surface area contributed by atoms with Crippen LogP contribution in [-0.2, 0) is 14.8 Å². The monoisotopic (exact) mass is 346 g/mol. The van der Waals surface area contributed by atoms with E-state index in [0.717, 1.165) is 23.2 Å². The molecule has 0 aliphatic carbocycles. The van der Waals surface area contributed by atoms with E-state index >= 15 is 0 Å². The number of sulfonamides is 1. The van der Waals surface area contributed by atoms with Crippen molar-refractivity contribution in [1.29, 1.82) is 0 Å². The molecule has 0 bridgehead atoms. The molecule has 7 heteroatoms. The number of benzene rings is 1. The fourth-order valence-electron chi connectivity index (χ4n) is 3.59. The molecule has 2 aliphatic heterocycles. The van der Waals surface area contributed by atoms with Crippen molar-refractivity contribution in [2.75, 3.05) is 17.7 Å². The van der Waals surface area contributed by atoms with Gasteiger partial charge in [0.1, 0.15) is 0 Å². The molecule has 0 amide bonds. The Morgan fingerprint density at radius 3 is 2.71 bits per heavy atom. The van der Waals surface area contributed by atoms with Gasteiger partial charge in [0, 0.05) is 18.2 Å². The van der Waals surface area contributed by atoms with Gasteiger partial charge in [0.15, 0.2) is 6.23 Å². The lowest BCUT2D eigenvalue weighted by Gasteiger charge is -2.25. The topological polar surface area (TPSA) is 68.7 Å². The third-order valence-electron chi connectivity index (χ3n) is 4.62. The smallest absolute Gasteiger partial charge is 0.234 e. The van der Waals surface area contributed by atoms with E-state index in [0.29, 0.717) is 5.88 Å². The van der Waals surface area contributed by atoms with Crippen LogP contribution < -0.4 is 9.04 Å². The van der Waals surface area contributed by atoms with Gasteiger partial charge < -0.3 is 9.47 Å². The van der Waals surface area contributed by atoms with Crippen molar-refractivity contribution in [3.8, 4) is 5.88 Å². The van der Waals surface area contributed by atoms with Crippen LogP contribution in [0.25, 0.3) is 0 Å². The van der Waals surface area contributed by atoms with Crippen LogP contribution in [0.3, 0.4) is 0 Å². The first-order valence-electron chi connectivity index (χ1n) is 7.73. The zero-order valence-electron chi connectivity index (χ0n) is 13.4. The average molecular weight is 346 g/mol. The predicted octanol–water partition coefficient (Wildman–Crippen LogP) is 2.44. The number of hydrogen-bond donors (Lipinski definition) is 0. The molecule has 3 atom stereocenters. The van der Waals surface area contributed by atoms with Gasteiger partial charge in [-0.25, -0.2) is 17.7 Å². The van der Waals surface area contributed by atoms with Crippen molar-refractivity contribution in [2.24, 2.45) is 0 Å². The van der Waals surface area contributed by atoms with Gasteiger partial charge in [0.2, 0.25) is 15.9 Å². The number of pyridine rings is 1. The minimum Gasteiger partial charge on any atom is -0.481 e. The van der Waals surface area contributed by atoms with Crippen molar-refractivity contribution in [2.45, 2.75) is 24.7 Å². The van der Waals surface area contributed by atoms with Gasteiger partial charge in [-0.3, -0.25) is 0 Å². The fraction of sp³-hybridized carbons (Fsp3) is 0.353. The number of anilines is 1. The van der Waals surface area contributed by atoms with Crippen LogP contribution in [0, 0.1) is 0 Å². The van der Waals surface area contributed by atoms with Gasteiger partial charge >= 0.3 is 0 Å². The number of para-hydroxylation sites is 1. The molecule has 0 spiro atoms. The molecule has 1 fully saturated rings. The SMILES string of the molecule is COc1ccc([C@@H]2C[C@H]3c4ccccc4N(S(C)(=O)=O)[C@H]3O2)cn1. The maximum Gasteiger partial charge on any atom is 0.234 e. The fourth-order valence-corrected chi connectivity index (χ4v) is 4.69. The molecular formula is C17H18N2O4S. The molecular weight excluding hydrogens is 328 g/mol. The minimum absolute atomic E-state index is 0.0306. The molecule has 1 aromatic heterocycles. The van der Waals surface area contributed by atoms with Crippen molar-refractivity contribution in [3.63, 3.8) is 0 Å². The zero-order valence-corrected chi connectivity index (χ0v) is 14.2. The maximum atomic E-state index is 12.3. The quantitative estimate of drug-likeness (QED) is 0.854. The Hall–Kier alpha value is -2.12. The summed E-state index contributed by atoms with van der Waals surface area (Å²) >= 11 is 0. The summed E-state index contributed by atoms with van der Waals surface area (Å²) < 4.78 is 37.2. The van der Waals surface area contributed by atoms with Crippen LogP contribution in [0.4, 0.5) is 5.69 Å². The lowest BCUT2D eigenvalue weighted by atomic mass is 9.94. The van der Waals surface area contributed by atoms with Crippen molar-refractivity contribution >= 4 is 15.7 Å². The Kier molecular flexibility index (Phi) is 3.51. The highest BCUT2D eigenvalue weighted by atomic mass is 32.2. The molecule has 126 valence electrons. The number of nitrogens with zero attached hydrogens (tertiary/aromatic N) is 2. The second-order valence-electron chi connectivity index (χ2n) is 6.11. The first kappa shape index (κ1) is 15.4. The molecule has 2 aromatic rings. The van der Waals surface area contributed by atoms with Crippen molar-refractivity contribution < 1.29 is 17.9 Å². The molecule has 1 saturated heterocycles. The summed E-state index contributed by atoms with van der Waals surface area (Å²) in [6.07, 6.45) is 2.99. The van der Waals surface area contributed by atoms with E-state index < -0.39 is 16.3 Å². The van der Waals surface area contributed by atoms with Crippen LogP contribution in [0.1, 0.15) is 29.6 Å². The van der Waals surface area contributed by atoms with E-state index in [1.54, 1.807) is 19.4 Å². The van der Waals surface area contributed by atoms with Crippen molar-refractivity contribution in [3.05, 3.63) is 53.7 Å². The highest BCUT2D eigenvalue weighted by molar-refractivity contribution is 7.92. The predicted molar refractivity (Wildman–Crippen MR) is 89.5 cm³/mol. The van der Waals surface area contributed by atoms with E-state index in [2.05, 4.69) is 4.98 Å². The zero-order chi connectivity index (χ0) is 16.9. The average Bonchev–Trinajstić information content (AvgIpc) is 3.11. The van der Waals surface area contributed by atoms with Gasteiger partial charge in [-0.1, -0.05) is 18.2 Å². The summed E-state index contributed by atoms with van der Waals surface area (Å²) in [5, 5.41) is 0. The first-order chi connectivity index (χ1) is 11.5. The molecule has 3 heterocycles. The van der Waals surface area contributed by atoms with Gasteiger partial charge in [0.25, 0.3) is 0 Å². The van der Waals surface area contributed by atoms with Crippen LogP contribution >= 0.6 is 0 Å². The summed E-state index contributed by atoms with van der Waals surface area (Å²) in [5.74, 6) is 0.572. The van der Waals surface area contributed by atoms with Gasteiger partial charge in [-0.05, 0) is 29.7 Å². The Labute approximate surface area is 141 Å². The summed E-state index contributed by atoms with van der Waals surface area (Å²) in [5.41, 5.74) is 2.68. The molecule has 0 radical (unpaired) electrons. The minimum atomic E-state index is -3.41. The van der Waals surface area contributed by atoms with Gasteiger partial charge in [-0.15, -0.1) is 0 Å².